The smallest absolute Gasteiger partial charge is 0.332 e. The molecule has 4 N–H and O–H groups in total. The molecule has 0 aliphatic carbocycles. The highest BCUT2D eigenvalue weighted by Crippen LogP contribution is 2.10. The maximum absolute atomic E-state index is 11.4. The molecule has 0 saturated heterocycles. The first-order valence-corrected chi connectivity index (χ1v) is 5.33. The summed E-state index contributed by atoms with van der Waals surface area (Å²) >= 11 is 3.18. The minimum absolute atomic E-state index is 0.0248. The van der Waals surface area contributed by atoms with Crippen LogP contribution in [-0.2, 0) is 4.79 Å². The molecule has 0 aromatic carbocycles. The molecule has 1 aromatic rings. The second kappa shape index (κ2) is 5.66. The van der Waals surface area contributed by atoms with Gasteiger partial charge in [-0.3, -0.25) is 4.79 Å². The summed E-state index contributed by atoms with van der Waals surface area (Å²) in [6, 6.07) is 1.60. The Bertz CT molecular complexity index is 391. The predicted molar refractivity (Wildman–Crippen MR) is 59.1 cm³/mol. The van der Waals surface area contributed by atoms with E-state index in [2.05, 4.69) is 26.2 Å². The summed E-state index contributed by atoms with van der Waals surface area (Å²) in [5.74, 6) is -1.64. The van der Waals surface area contributed by atoms with Gasteiger partial charge in [0.05, 0.1) is 0 Å². The molecule has 0 radical (unpaired) electrons. The number of carbonyl (C=O) groups is 2. The molecule has 1 atom stereocenters. The maximum atomic E-state index is 11.4. The summed E-state index contributed by atoms with van der Waals surface area (Å²) in [7, 11) is 0. The van der Waals surface area contributed by atoms with Crippen molar-refractivity contribution in [1.82, 2.24) is 10.3 Å². The first-order valence-electron chi connectivity index (χ1n) is 4.53. The van der Waals surface area contributed by atoms with E-state index in [1.165, 1.54) is 0 Å². The van der Waals surface area contributed by atoms with E-state index in [1.807, 2.05) is 0 Å². The topological polar surface area (TPSA) is 102 Å². The number of aliphatic carboxylic acids is 1. The van der Waals surface area contributed by atoms with Gasteiger partial charge in [0.2, 0.25) is 0 Å². The van der Waals surface area contributed by atoms with Crippen molar-refractivity contribution in [2.75, 3.05) is 6.54 Å². The highest BCUT2D eigenvalue weighted by Gasteiger charge is 2.13. The lowest BCUT2D eigenvalue weighted by atomic mass is 10.2. The monoisotopic (exact) mass is 290 g/mol. The number of nitrogens with one attached hydrogen (secondary N) is 2. The average molecular weight is 291 g/mol. The molecule has 0 aliphatic rings. The van der Waals surface area contributed by atoms with Crippen molar-refractivity contribution >= 4 is 27.8 Å². The van der Waals surface area contributed by atoms with Crippen LogP contribution in [0.3, 0.4) is 0 Å². The second-order valence-corrected chi connectivity index (χ2v) is 4.05. The lowest BCUT2D eigenvalue weighted by Gasteiger charge is -2.06. The molecule has 88 valence electrons. The summed E-state index contributed by atoms with van der Waals surface area (Å²) in [4.78, 5) is 24.4. The van der Waals surface area contributed by atoms with Gasteiger partial charge in [-0.05, 0) is 22.0 Å². The molecule has 0 saturated carbocycles. The zero-order valence-corrected chi connectivity index (χ0v) is 9.82. The van der Waals surface area contributed by atoms with E-state index >= 15 is 0 Å². The number of halogens is 1. The molecule has 7 heteroatoms. The Balaban J connectivity index is 2.34. The number of amides is 1. The van der Waals surface area contributed by atoms with Crippen LogP contribution >= 0.6 is 15.9 Å². The van der Waals surface area contributed by atoms with Crippen molar-refractivity contribution < 1.29 is 19.8 Å². The number of aromatic amines is 1. The SMILES string of the molecule is O=C(NCC[C@H](O)C(=O)O)c1cc(Br)c[nH]1. The fraction of sp³-hybridized carbons (Fsp3) is 0.333. The van der Waals surface area contributed by atoms with Crippen LogP contribution in [0.4, 0.5) is 0 Å². The van der Waals surface area contributed by atoms with E-state index < -0.39 is 12.1 Å². The lowest BCUT2D eigenvalue weighted by Crippen LogP contribution is -2.30. The number of aliphatic hydroxyl groups is 1. The van der Waals surface area contributed by atoms with Gasteiger partial charge in [-0.25, -0.2) is 4.79 Å². The zero-order chi connectivity index (χ0) is 12.1. The first-order chi connectivity index (χ1) is 7.50. The highest BCUT2D eigenvalue weighted by molar-refractivity contribution is 9.10. The van der Waals surface area contributed by atoms with Gasteiger partial charge in [0.15, 0.2) is 6.10 Å². The van der Waals surface area contributed by atoms with E-state index in [-0.39, 0.29) is 18.9 Å². The number of carboxylic acids is 1. The summed E-state index contributed by atoms with van der Waals surface area (Å²) in [5.41, 5.74) is 0.372. The van der Waals surface area contributed by atoms with Crippen molar-refractivity contribution in [2.24, 2.45) is 0 Å². The van der Waals surface area contributed by atoms with Crippen molar-refractivity contribution in [2.45, 2.75) is 12.5 Å². The Kier molecular flexibility index (Phi) is 4.51. The van der Waals surface area contributed by atoms with E-state index in [9.17, 15) is 9.59 Å². The first kappa shape index (κ1) is 12.7. The van der Waals surface area contributed by atoms with E-state index in [0.717, 1.165) is 4.47 Å². The van der Waals surface area contributed by atoms with Crippen LogP contribution < -0.4 is 5.32 Å². The van der Waals surface area contributed by atoms with Crippen LogP contribution in [0.25, 0.3) is 0 Å². The molecule has 6 nitrogen and oxygen atoms in total. The number of hydrogen-bond donors (Lipinski definition) is 4. The van der Waals surface area contributed by atoms with Gasteiger partial charge >= 0.3 is 5.97 Å². The molecule has 1 aromatic heterocycles. The standard InChI is InChI=1S/C9H11BrN2O4/c10-5-3-6(12-4-5)8(14)11-2-1-7(13)9(15)16/h3-4,7,12-13H,1-2H2,(H,11,14)(H,15,16)/t7-/m0/s1. The van der Waals surface area contributed by atoms with Gasteiger partial charge in [0, 0.05) is 23.6 Å². The maximum Gasteiger partial charge on any atom is 0.332 e. The molecule has 16 heavy (non-hydrogen) atoms. The molecule has 1 rings (SSSR count). The fourth-order valence-corrected chi connectivity index (χ4v) is 1.38. The molecule has 0 bridgehead atoms. The number of aliphatic hydroxyl groups excluding tert-OH is 1. The van der Waals surface area contributed by atoms with Crippen LogP contribution in [0, 0.1) is 0 Å². The summed E-state index contributed by atoms with van der Waals surface area (Å²) in [6.45, 7) is 0.100. The zero-order valence-electron chi connectivity index (χ0n) is 8.24. The molecule has 1 heterocycles. The lowest BCUT2D eigenvalue weighted by molar-refractivity contribution is -0.146. The molecule has 1 amide bonds. The molecular formula is C9H11BrN2O4. The summed E-state index contributed by atoms with van der Waals surface area (Å²) in [5, 5.41) is 19.8. The van der Waals surface area contributed by atoms with Crippen molar-refractivity contribution in [3.63, 3.8) is 0 Å². The predicted octanol–water partition coefficient (Wildman–Crippen LogP) is 0.343. The van der Waals surface area contributed by atoms with Crippen LogP contribution in [0.1, 0.15) is 16.9 Å². The minimum Gasteiger partial charge on any atom is -0.479 e. The Morgan fingerprint density at radius 3 is 2.75 bits per heavy atom. The largest absolute Gasteiger partial charge is 0.479 e. The Labute approximate surface area is 99.8 Å². The van der Waals surface area contributed by atoms with Crippen molar-refractivity contribution in [3.8, 4) is 0 Å². The number of aromatic nitrogens is 1. The molecule has 0 spiro atoms. The molecule has 0 unspecified atom stereocenters. The highest BCUT2D eigenvalue weighted by atomic mass is 79.9. The third kappa shape index (κ3) is 3.67. The number of carboxylic acid groups (broad SMARTS) is 1. The molecular weight excluding hydrogens is 280 g/mol. The van der Waals surface area contributed by atoms with Gasteiger partial charge in [-0.2, -0.15) is 0 Å². The van der Waals surface area contributed by atoms with Gasteiger partial charge in [0.1, 0.15) is 5.69 Å². The molecule has 0 aliphatic heterocycles. The van der Waals surface area contributed by atoms with E-state index in [0.29, 0.717) is 5.69 Å². The minimum atomic E-state index is -1.45. The number of H-pyrrole nitrogens is 1. The summed E-state index contributed by atoms with van der Waals surface area (Å²) < 4.78 is 0.753. The number of rotatable bonds is 5. The average Bonchev–Trinajstić information content (AvgIpc) is 2.64. The van der Waals surface area contributed by atoms with Gasteiger partial charge in [-0.15, -0.1) is 0 Å². The Morgan fingerprint density at radius 1 is 1.56 bits per heavy atom. The van der Waals surface area contributed by atoms with Crippen LogP contribution in [0.2, 0.25) is 0 Å². The van der Waals surface area contributed by atoms with E-state index in [1.54, 1.807) is 12.3 Å². The van der Waals surface area contributed by atoms with Gasteiger partial charge < -0.3 is 20.5 Å². The molecule has 0 fully saturated rings. The van der Waals surface area contributed by atoms with Gasteiger partial charge in [-0.1, -0.05) is 0 Å². The van der Waals surface area contributed by atoms with E-state index in [4.69, 9.17) is 10.2 Å². The van der Waals surface area contributed by atoms with Crippen LogP contribution in [0.15, 0.2) is 16.7 Å². The third-order valence-corrected chi connectivity index (χ3v) is 2.34. The number of hydrogen-bond acceptors (Lipinski definition) is 3. The van der Waals surface area contributed by atoms with Crippen molar-refractivity contribution in [1.29, 1.82) is 0 Å². The summed E-state index contributed by atoms with van der Waals surface area (Å²) in [6.07, 6.45) is 0.139. The third-order valence-electron chi connectivity index (χ3n) is 1.88. The quantitative estimate of drug-likeness (QED) is 0.628. The normalized spacial score (nSPS) is 12.1. The van der Waals surface area contributed by atoms with Gasteiger partial charge in [0.25, 0.3) is 5.91 Å². The van der Waals surface area contributed by atoms with Crippen LogP contribution in [-0.4, -0.2) is 39.7 Å². The van der Waals surface area contributed by atoms with Crippen molar-refractivity contribution in [3.05, 3.63) is 22.4 Å². The second-order valence-electron chi connectivity index (χ2n) is 3.13. The Hall–Kier alpha value is -1.34. The van der Waals surface area contributed by atoms with Crippen LogP contribution in [0.5, 0.6) is 0 Å². The fourth-order valence-electron chi connectivity index (χ4n) is 1.04. The number of carbonyl (C=O) groups excluding carboxylic acids is 1. The Morgan fingerprint density at radius 2 is 2.25 bits per heavy atom.